The summed E-state index contributed by atoms with van der Waals surface area (Å²) in [6.45, 7) is 0. The van der Waals surface area contributed by atoms with Crippen LogP contribution in [0.2, 0.25) is 0 Å². The van der Waals surface area contributed by atoms with E-state index in [2.05, 4.69) is 5.32 Å². The first kappa shape index (κ1) is 20.3. The van der Waals surface area contributed by atoms with Gasteiger partial charge in [0.25, 0.3) is 0 Å². The summed E-state index contributed by atoms with van der Waals surface area (Å²) in [5.74, 6) is 1.03. The topological polar surface area (TPSA) is 64.6 Å². The molecule has 5 heteroatoms. The van der Waals surface area contributed by atoms with Gasteiger partial charge in [0.05, 0.1) is 19.6 Å². The number of anilines is 1. The molecule has 2 aliphatic rings. The van der Waals surface area contributed by atoms with Gasteiger partial charge in [0, 0.05) is 30.4 Å². The molecule has 0 saturated heterocycles. The van der Waals surface area contributed by atoms with Gasteiger partial charge in [-0.05, 0) is 47.0 Å². The van der Waals surface area contributed by atoms with Gasteiger partial charge in [-0.15, -0.1) is 0 Å². The maximum absolute atomic E-state index is 13.9. The standard InChI is InChI=1S/C27H25NO4/c1-31-20-11-7-17(8-12-20)23-15-19(29)16-24(18-9-13-21(32-2)14-10-18)27(23)22-5-3-4-6-25(22)28-26(27)30/h3-14,23-24H,15-16H2,1-2H3,(H,28,30)/t23-,24-/m0/s1. The molecular formula is C27H25NO4. The molecule has 1 aliphatic carbocycles. The van der Waals surface area contributed by atoms with Crippen LogP contribution in [0.15, 0.2) is 72.8 Å². The lowest BCUT2D eigenvalue weighted by Gasteiger charge is -2.46. The minimum absolute atomic E-state index is 0.0483. The number of carbonyl (C=O) groups excluding carboxylic acids is 2. The van der Waals surface area contributed by atoms with Crippen LogP contribution in [-0.4, -0.2) is 25.9 Å². The molecule has 0 aromatic heterocycles. The van der Waals surface area contributed by atoms with E-state index >= 15 is 0 Å². The minimum atomic E-state index is -0.881. The van der Waals surface area contributed by atoms with Gasteiger partial charge in [0.2, 0.25) is 5.91 Å². The lowest BCUT2D eigenvalue weighted by molar-refractivity contribution is -0.128. The average molecular weight is 428 g/mol. The fourth-order valence-corrected chi connectivity index (χ4v) is 5.53. The Hall–Kier alpha value is -3.60. The summed E-state index contributed by atoms with van der Waals surface area (Å²) in [4.78, 5) is 26.9. The molecule has 5 rings (SSSR count). The Morgan fingerprint density at radius 1 is 0.750 bits per heavy atom. The van der Waals surface area contributed by atoms with E-state index in [1.165, 1.54) is 0 Å². The summed E-state index contributed by atoms with van der Waals surface area (Å²) in [6, 6.07) is 23.3. The van der Waals surface area contributed by atoms with E-state index in [0.29, 0.717) is 12.8 Å². The molecule has 1 amide bonds. The molecule has 32 heavy (non-hydrogen) atoms. The molecule has 0 bridgehead atoms. The molecule has 1 aliphatic heterocycles. The molecule has 1 heterocycles. The van der Waals surface area contributed by atoms with Crippen molar-refractivity contribution in [1.82, 2.24) is 0 Å². The largest absolute Gasteiger partial charge is 0.497 e. The first-order valence-corrected chi connectivity index (χ1v) is 10.8. The van der Waals surface area contributed by atoms with Crippen molar-refractivity contribution in [3.63, 3.8) is 0 Å². The quantitative estimate of drug-likeness (QED) is 0.648. The van der Waals surface area contributed by atoms with Crippen molar-refractivity contribution >= 4 is 17.4 Å². The summed E-state index contributed by atoms with van der Waals surface area (Å²) in [5, 5.41) is 3.12. The average Bonchev–Trinajstić information content (AvgIpc) is 3.12. The molecular weight excluding hydrogens is 402 g/mol. The second kappa shape index (κ2) is 7.83. The number of methoxy groups -OCH3 is 2. The zero-order valence-corrected chi connectivity index (χ0v) is 18.1. The highest BCUT2D eigenvalue weighted by Crippen LogP contribution is 2.59. The van der Waals surface area contributed by atoms with Crippen LogP contribution < -0.4 is 14.8 Å². The predicted octanol–water partition coefficient (Wildman–Crippen LogP) is 4.82. The summed E-state index contributed by atoms with van der Waals surface area (Å²) in [5.41, 5.74) is 2.82. The lowest BCUT2D eigenvalue weighted by atomic mass is 9.54. The number of Topliss-reactive ketones (excluding diaryl/α,β-unsaturated/α-hetero) is 1. The molecule has 3 aromatic carbocycles. The van der Waals surface area contributed by atoms with Crippen LogP contribution in [0.25, 0.3) is 0 Å². The first-order chi connectivity index (χ1) is 15.6. The van der Waals surface area contributed by atoms with E-state index in [0.717, 1.165) is 33.9 Å². The zero-order valence-electron chi connectivity index (χ0n) is 18.1. The van der Waals surface area contributed by atoms with Gasteiger partial charge in [0.1, 0.15) is 17.3 Å². The van der Waals surface area contributed by atoms with E-state index in [4.69, 9.17) is 9.47 Å². The molecule has 1 saturated carbocycles. The van der Waals surface area contributed by atoms with Crippen LogP contribution in [-0.2, 0) is 15.0 Å². The Bertz CT molecular complexity index is 1110. The van der Waals surface area contributed by atoms with Crippen molar-refractivity contribution in [1.29, 1.82) is 0 Å². The number of hydrogen-bond acceptors (Lipinski definition) is 4. The molecule has 2 atom stereocenters. The number of hydrogen-bond donors (Lipinski definition) is 1. The first-order valence-electron chi connectivity index (χ1n) is 10.8. The normalized spacial score (nSPS) is 21.2. The molecule has 5 nitrogen and oxygen atoms in total. The highest BCUT2D eigenvalue weighted by atomic mass is 16.5. The van der Waals surface area contributed by atoms with Crippen molar-refractivity contribution in [3.05, 3.63) is 89.5 Å². The van der Waals surface area contributed by atoms with Gasteiger partial charge in [-0.2, -0.15) is 0 Å². The number of benzene rings is 3. The SMILES string of the molecule is COc1ccc([C@@H]2CC(=O)C[C@@H](c3ccc(OC)cc3)C23C(=O)Nc2ccccc23)cc1. The number of carbonyl (C=O) groups is 2. The zero-order chi connectivity index (χ0) is 22.3. The number of amides is 1. The van der Waals surface area contributed by atoms with Gasteiger partial charge in [-0.25, -0.2) is 0 Å². The second-order valence-electron chi connectivity index (χ2n) is 8.47. The van der Waals surface area contributed by atoms with E-state index in [1.807, 2.05) is 72.8 Å². The van der Waals surface area contributed by atoms with Gasteiger partial charge in [-0.1, -0.05) is 42.5 Å². The highest BCUT2D eigenvalue weighted by molar-refractivity contribution is 6.09. The van der Waals surface area contributed by atoms with Gasteiger partial charge in [0.15, 0.2) is 0 Å². The van der Waals surface area contributed by atoms with Crippen molar-refractivity contribution in [2.45, 2.75) is 30.1 Å². The third-order valence-electron chi connectivity index (χ3n) is 7.00. The molecule has 0 unspecified atom stereocenters. The van der Waals surface area contributed by atoms with Crippen molar-refractivity contribution < 1.29 is 19.1 Å². The number of fused-ring (bicyclic) bond motifs is 2. The maximum atomic E-state index is 13.9. The number of para-hydroxylation sites is 1. The van der Waals surface area contributed by atoms with Crippen molar-refractivity contribution in [2.24, 2.45) is 0 Å². The Balaban J connectivity index is 1.73. The summed E-state index contributed by atoms with van der Waals surface area (Å²) in [7, 11) is 3.25. The Morgan fingerprint density at radius 2 is 1.25 bits per heavy atom. The highest BCUT2D eigenvalue weighted by Gasteiger charge is 2.60. The number of nitrogens with one attached hydrogen (secondary N) is 1. The van der Waals surface area contributed by atoms with Gasteiger partial charge < -0.3 is 14.8 Å². The van der Waals surface area contributed by atoms with E-state index in [-0.39, 0.29) is 23.5 Å². The van der Waals surface area contributed by atoms with Gasteiger partial charge in [-0.3, -0.25) is 9.59 Å². The van der Waals surface area contributed by atoms with E-state index < -0.39 is 5.41 Å². The molecule has 0 radical (unpaired) electrons. The third kappa shape index (κ3) is 3.00. The minimum Gasteiger partial charge on any atom is -0.497 e. The smallest absolute Gasteiger partial charge is 0.236 e. The lowest BCUT2D eigenvalue weighted by Crippen LogP contribution is -2.50. The summed E-state index contributed by atoms with van der Waals surface area (Å²) >= 11 is 0. The molecule has 162 valence electrons. The number of ether oxygens (including phenoxy) is 2. The Morgan fingerprint density at radius 3 is 1.75 bits per heavy atom. The van der Waals surface area contributed by atoms with Gasteiger partial charge >= 0.3 is 0 Å². The Labute approximate surface area is 187 Å². The van der Waals surface area contributed by atoms with Crippen LogP contribution >= 0.6 is 0 Å². The molecule has 1 N–H and O–H groups in total. The second-order valence-corrected chi connectivity index (χ2v) is 8.47. The third-order valence-corrected chi connectivity index (χ3v) is 7.00. The molecule has 1 spiro atoms. The molecule has 1 fully saturated rings. The molecule has 3 aromatic rings. The van der Waals surface area contributed by atoms with Crippen LogP contribution in [0.3, 0.4) is 0 Å². The predicted molar refractivity (Wildman–Crippen MR) is 122 cm³/mol. The summed E-state index contributed by atoms with van der Waals surface area (Å²) < 4.78 is 10.7. The maximum Gasteiger partial charge on any atom is 0.236 e. The van der Waals surface area contributed by atoms with Crippen LogP contribution in [0.1, 0.15) is 41.4 Å². The van der Waals surface area contributed by atoms with Crippen molar-refractivity contribution in [2.75, 3.05) is 19.5 Å². The van der Waals surface area contributed by atoms with Crippen LogP contribution in [0.4, 0.5) is 5.69 Å². The fraction of sp³-hybridized carbons (Fsp3) is 0.259. The van der Waals surface area contributed by atoms with Crippen LogP contribution in [0, 0.1) is 0 Å². The van der Waals surface area contributed by atoms with Crippen molar-refractivity contribution in [3.8, 4) is 11.5 Å². The fourth-order valence-electron chi connectivity index (χ4n) is 5.53. The van der Waals surface area contributed by atoms with E-state index in [1.54, 1.807) is 14.2 Å². The number of ketones is 1. The summed E-state index contributed by atoms with van der Waals surface area (Å²) in [6.07, 6.45) is 0.640. The Kier molecular flexibility index (Phi) is 4.97. The van der Waals surface area contributed by atoms with Crippen LogP contribution in [0.5, 0.6) is 11.5 Å². The number of rotatable bonds is 4. The van der Waals surface area contributed by atoms with E-state index in [9.17, 15) is 9.59 Å². The monoisotopic (exact) mass is 427 g/mol.